The number of anilines is 2. The van der Waals surface area contributed by atoms with Gasteiger partial charge in [-0.1, -0.05) is 22.9 Å². The molecule has 0 aliphatic heterocycles. The Balaban J connectivity index is 1.86. The van der Waals surface area contributed by atoms with Crippen LogP contribution in [0.25, 0.3) is 10.2 Å². The van der Waals surface area contributed by atoms with Crippen LogP contribution in [0.2, 0.25) is 5.02 Å². The molecule has 1 heterocycles. The molecule has 0 atom stereocenters. The second-order valence-corrected chi connectivity index (χ2v) is 6.57. The van der Waals surface area contributed by atoms with E-state index in [0.717, 1.165) is 10.2 Å². The topological polar surface area (TPSA) is 97.2 Å². The standard InChI is InChI=1S/C16H13ClN4O3S/c1-2-18-11-5-3-9(7-13(11)21(23)24)15(22)20-16-19-12-6-4-10(17)8-14(12)25-16/h3-8,18H,2H2,1H3,(H,19,20,22). The molecule has 0 aliphatic carbocycles. The molecule has 0 radical (unpaired) electrons. The predicted octanol–water partition coefficient (Wildman–Crippen LogP) is 4.54. The van der Waals surface area contributed by atoms with Gasteiger partial charge in [-0.3, -0.25) is 20.2 Å². The highest BCUT2D eigenvalue weighted by atomic mass is 35.5. The van der Waals surface area contributed by atoms with Gasteiger partial charge in [-0.05, 0) is 37.3 Å². The lowest BCUT2D eigenvalue weighted by Crippen LogP contribution is -2.12. The van der Waals surface area contributed by atoms with Crippen molar-refractivity contribution in [2.75, 3.05) is 17.2 Å². The van der Waals surface area contributed by atoms with Crippen LogP contribution in [0.5, 0.6) is 0 Å². The molecule has 0 bridgehead atoms. The highest BCUT2D eigenvalue weighted by Gasteiger charge is 2.18. The first-order chi connectivity index (χ1) is 12.0. The highest BCUT2D eigenvalue weighted by molar-refractivity contribution is 7.22. The van der Waals surface area contributed by atoms with Gasteiger partial charge in [0.05, 0.1) is 15.1 Å². The average molecular weight is 377 g/mol. The fourth-order valence-electron chi connectivity index (χ4n) is 2.29. The van der Waals surface area contributed by atoms with Crippen molar-refractivity contribution in [2.45, 2.75) is 6.92 Å². The highest BCUT2D eigenvalue weighted by Crippen LogP contribution is 2.29. The molecular formula is C16H13ClN4O3S. The van der Waals surface area contributed by atoms with E-state index in [2.05, 4.69) is 15.6 Å². The third-order valence-corrected chi connectivity index (χ3v) is 4.56. The van der Waals surface area contributed by atoms with Crippen molar-refractivity contribution in [1.29, 1.82) is 0 Å². The summed E-state index contributed by atoms with van der Waals surface area (Å²) in [4.78, 5) is 27.4. The van der Waals surface area contributed by atoms with Gasteiger partial charge in [0.1, 0.15) is 5.69 Å². The van der Waals surface area contributed by atoms with E-state index in [4.69, 9.17) is 11.6 Å². The summed E-state index contributed by atoms with van der Waals surface area (Å²) in [6, 6.07) is 9.55. The first kappa shape index (κ1) is 17.1. The van der Waals surface area contributed by atoms with Crippen LogP contribution in [-0.2, 0) is 0 Å². The van der Waals surface area contributed by atoms with Crippen molar-refractivity contribution in [1.82, 2.24) is 4.98 Å². The lowest BCUT2D eigenvalue weighted by Gasteiger charge is -2.06. The Hall–Kier alpha value is -2.71. The Morgan fingerprint density at radius 1 is 1.32 bits per heavy atom. The average Bonchev–Trinajstić information content (AvgIpc) is 2.96. The largest absolute Gasteiger partial charge is 0.380 e. The van der Waals surface area contributed by atoms with Crippen LogP contribution in [0.15, 0.2) is 36.4 Å². The zero-order chi connectivity index (χ0) is 18.0. The number of amides is 1. The minimum atomic E-state index is -0.519. The van der Waals surface area contributed by atoms with Crippen LogP contribution < -0.4 is 10.6 Å². The third kappa shape index (κ3) is 3.70. The van der Waals surface area contributed by atoms with Gasteiger partial charge in [-0.2, -0.15) is 0 Å². The summed E-state index contributed by atoms with van der Waals surface area (Å²) in [5.41, 5.74) is 1.13. The number of rotatable bonds is 5. The summed E-state index contributed by atoms with van der Waals surface area (Å²) in [5, 5.41) is 17.7. The van der Waals surface area contributed by atoms with Crippen LogP contribution in [0.3, 0.4) is 0 Å². The molecule has 0 fully saturated rings. The molecule has 1 amide bonds. The van der Waals surface area contributed by atoms with Gasteiger partial charge < -0.3 is 5.32 Å². The van der Waals surface area contributed by atoms with Crippen LogP contribution in [0, 0.1) is 10.1 Å². The van der Waals surface area contributed by atoms with Gasteiger partial charge >= 0.3 is 0 Å². The van der Waals surface area contributed by atoms with Crippen molar-refractivity contribution in [3.05, 3.63) is 57.1 Å². The zero-order valence-electron chi connectivity index (χ0n) is 13.1. The number of nitro groups is 1. The predicted molar refractivity (Wildman–Crippen MR) is 99.8 cm³/mol. The zero-order valence-corrected chi connectivity index (χ0v) is 14.6. The summed E-state index contributed by atoms with van der Waals surface area (Å²) in [6.45, 7) is 2.38. The number of aromatic nitrogens is 1. The minimum Gasteiger partial charge on any atom is -0.380 e. The monoisotopic (exact) mass is 376 g/mol. The van der Waals surface area contributed by atoms with Crippen LogP contribution in [-0.4, -0.2) is 22.4 Å². The molecule has 3 aromatic rings. The number of nitro benzene ring substituents is 1. The van der Waals surface area contributed by atoms with Gasteiger partial charge in [0.15, 0.2) is 5.13 Å². The molecule has 0 aliphatic rings. The molecule has 3 rings (SSSR count). The molecule has 0 unspecified atom stereocenters. The minimum absolute atomic E-state index is 0.148. The Bertz CT molecular complexity index is 973. The number of nitrogens with zero attached hydrogens (tertiary/aromatic N) is 2. The lowest BCUT2D eigenvalue weighted by atomic mass is 10.1. The van der Waals surface area contributed by atoms with E-state index in [0.29, 0.717) is 22.4 Å². The van der Waals surface area contributed by atoms with Crippen molar-refractivity contribution in [2.24, 2.45) is 0 Å². The van der Waals surface area contributed by atoms with Gasteiger partial charge in [0.25, 0.3) is 11.6 Å². The van der Waals surface area contributed by atoms with Crippen molar-refractivity contribution >= 4 is 55.6 Å². The van der Waals surface area contributed by atoms with E-state index < -0.39 is 10.8 Å². The first-order valence-electron chi connectivity index (χ1n) is 7.37. The fourth-order valence-corrected chi connectivity index (χ4v) is 3.42. The molecular weight excluding hydrogens is 364 g/mol. The first-order valence-corrected chi connectivity index (χ1v) is 8.57. The Morgan fingerprint density at radius 2 is 2.12 bits per heavy atom. The van der Waals surface area contributed by atoms with Crippen molar-refractivity contribution < 1.29 is 9.72 Å². The number of nitrogens with one attached hydrogen (secondary N) is 2. The van der Waals surface area contributed by atoms with Crippen LogP contribution in [0.4, 0.5) is 16.5 Å². The fraction of sp³-hybridized carbons (Fsp3) is 0.125. The van der Waals surface area contributed by atoms with Gasteiger partial charge in [-0.15, -0.1) is 0 Å². The van der Waals surface area contributed by atoms with E-state index in [1.165, 1.54) is 29.5 Å². The number of thiazole rings is 1. The van der Waals surface area contributed by atoms with Gasteiger partial charge in [-0.25, -0.2) is 4.98 Å². The number of hydrogen-bond acceptors (Lipinski definition) is 6. The molecule has 7 nitrogen and oxygen atoms in total. The van der Waals surface area contributed by atoms with Gasteiger partial charge in [0.2, 0.25) is 0 Å². The number of carbonyl (C=O) groups is 1. The smallest absolute Gasteiger partial charge is 0.293 e. The van der Waals surface area contributed by atoms with Crippen molar-refractivity contribution in [3.63, 3.8) is 0 Å². The van der Waals surface area contributed by atoms with E-state index in [9.17, 15) is 14.9 Å². The van der Waals surface area contributed by atoms with E-state index in [-0.39, 0.29) is 11.3 Å². The third-order valence-electron chi connectivity index (χ3n) is 3.39. The summed E-state index contributed by atoms with van der Waals surface area (Å²) < 4.78 is 0.844. The molecule has 0 saturated carbocycles. The maximum atomic E-state index is 12.4. The van der Waals surface area contributed by atoms with E-state index >= 15 is 0 Å². The maximum absolute atomic E-state index is 12.4. The molecule has 0 spiro atoms. The summed E-state index contributed by atoms with van der Waals surface area (Å²) in [7, 11) is 0. The molecule has 1 aromatic heterocycles. The van der Waals surface area contributed by atoms with E-state index in [1.54, 1.807) is 18.2 Å². The number of hydrogen-bond donors (Lipinski definition) is 2. The molecule has 128 valence electrons. The quantitative estimate of drug-likeness (QED) is 0.503. The summed E-state index contributed by atoms with van der Waals surface area (Å²) in [6.07, 6.45) is 0. The molecule has 25 heavy (non-hydrogen) atoms. The molecule has 2 N–H and O–H groups in total. The second kappa shape index (κ2) is 7.04. The summed E-state index contributed by atoms with van der Waals surface area (Å²) >= 11 is 7.22. The SMILES string of the molecule is CCNc1ccc(C(=O)Nc2nc3ccc(Cl)cc3s2)cc1[N+](=O)[O-]. The normalized spacial score (nSPS) is 10.6. The summed E-state index contributed by atoms with van der Waals surface area (Å²) in [5.74, 6) is -0.462. The van der Waals surface area contributed by atoms with Crippen LogP contribution in [0.1, 0.15) is 17.3 Å². The number of fused-ring (bicyclic) bond motifs is 1. The number of halogens is 1. The maximum Gasteiger partial charge on any atom is 0.293 e. The van der Waals surface area contributed by atoms with Crippen molar-refractivity contribution in [3.8, 4) is 0 Å². The van der Waals surface area contributed by atoms with Gasteiger partial charge in [0, 0.05) is 23.2 Å². The molecule has 2 aromatic carbocycles. The van der Waals surface area contributed by atoms with Crippen LogP contribution >= 0.6 is 22.9 Å². The number of benzene rings is 2. The second-order valence-electron chi connectivity index (χ2n) is 5.10. The Kier molecular flexibility index (Phi) is 4.82. The molecule has 9 heteroatoms. The molecule has 0 saturated heterocycles. The Morgan fingerprint density at radius 3 is 2.84 bits per heavy atom. The lowest BCUT2D eigenvalue weighted by molar-refractivity contribution is -0.384. The van der Waals surface area contributed by atoms with E-state index in [1.807, 2.05) is 6.92 Å². The number of carbonyl (C=O) groups excluding carboxylic acids is 1. The Labute approximate surface area is 151 Å².